The summed E-state index contributed by atoms with van der Waals surface area (Å²) in [5, 5.41) is 0. The topological polar surface area (TPSA) is 13.0 Å². The van der Waals surface area contributed by atoms with Crippen LogP contribution in [-0.4, -0.2) is 97.1 Å². The van der Waals surface area contributed by atoms with Gasteiger partial charge in [0.25, 0.3) is 0 Å². The third kappa shape index (κ3) is 1.73. The highest BCUT2D eigenvalue weighted by Gasteiger charge is 2.43. The van der Waals surface area contributed by atoms with Crippen molar-refractivity contribution in [3.05, 3.63) is 0 Å². The molecule has 0 aliphatic carbocycles. The highest BCUT2D eigenvalue weighted by atomic mass is 15.4. The first kappa shape index (κ1) is 11.6. The van der Waals surface area contributed by atoms with Gasteiger partial charge in [0, 0.05) is 63.4 Å². The van der Waals surface area contributed by atoms with Gasteiger partial charge in [-0.2, -0.15) is 0 Å². The van der Waals surface area contributed by atoms with Crippen LogP contribution >= 0.6 is 0 Å². The number of fused-ring (bicyclic) bond motifs is 4. The first-order valence-corrected chi connectivity index (χ1v) is 7.59. The minimum atomic E-state index is 0.858. The molecule has 0 saturated carbocycles. The van der Waals surface area contributed by atoms with Crippen LogP contribution in [0.25, 0.3) is 0 Å². The maximum atomic E-state index is 2.75. The second kappa shape index (κ2) is 4.17. The summed E-state index contributed by atoms with van der Waals surface area (Å²) in [7, 11) is 4.58. The molecule has 0 unspecified atom stereocenters. The van der Waals surface area contributed by atoms with E-state index in [4.69, 9.17) is 0 Å². The monoisotopic (exact) mass is 250 g/mol. The van der Waals surface area contributed by atoms with Crippen molar-refractivity contribution < 1.29 is 0 Å². The van der Waals surface area contributed by atoms with Gasteiger partial charge in [0.15, 0.2) is 0 Å². The highest BCUT2D eigenvalue weighted by Crippen LogP contribution is 2.31. The third-order valence-electron chi connectivity index (χ3n) is 5.93. The van der Waals surface area contributed by atoms with Crippen LogP contribution in [0.1, 0.15) is 12.8 Å². The fourth-order valence-corrected chi connectivity index (χ4v) is 4.70. The maximum Gasteiger partial charge on any atom is 0.0239 e. The van der Waals surface area contributed by atoms with E-state index in [2.05, 4.69) is 33.7 Å². The lowest BCUT2D eigenvalue weighted by atomic mass is 10.2. The molecule has 4 bridgehead atoms. The number of hydrogen-bond acceptors (Lipinski definition) is 4. The lowest BCUT2D eigenvalue weighted by molar-refractivity contribution is 0.105. The predicted molar refractivity (Wildman–Crippen MR) is 72.8 cm³/mol. The van der Waals surface area contributed by atoms with E-state index in [0.717, 1.165) is 24.2 Å². The lowest BCUT2D eigenvalue weighted by Crippen LogP contribution is -2.50. The largest absolute Gasteiger partial charge is 0.301 e. The Morgan fingerprint density at radius 3 is 1.39 bits per heavy atom. The first-order chi connectivity index (χ1) is 8.70. The second-order valence-corrected chi connectivity index (χ2v) is 6.96. The van der Waals surface area contributed by atoms with Gasteiger partial charge in [-0.05, 0) is 26.9 Å². The Balaban J connectivity index is 1.28. The van der Waals surface area contributed by atoms with E-state index < -0.39 is 0 Å². The van der Waals surface area contributed by atoms with E-state index in [9.17, 15) is 0 Å². The molecule has 4 saturated heterocycles. The third-order valence-corrected chi connectivity index (χ3v) is 5.93. The Hall–Kier alpha value is -0.160. The molecule has 4 rings (SSSR count). The molecule has 18 heavy (non-hydrogen) atoms. The summed E-state index contributed by atoms with van der Waals surface area (Å²) in [4.78, 5) is 10.6. The second-order valence-electron chi connectivity index (χ2n) is 6.96. The summed E-state index contributed by atoms with van der Waals surface area (Å²) in [6.07, 6.45) is 2.84. The summed E-state index contributed by atoms with van der Waals surface area (Å²) in [6.45, 7) is 7.87. The number of hydrogen-bond donors (Lipinski definition) is 0. The molecule has 0 aromatic carbocycles. The van der Waals surface area contributed by atoms with Crippen LogP contribution in [0.5, 0.6) is 0 Å². The molecule has 4 aliphatic heterocycles. The summed E-state index contributed by atoms with van der Waals surface area (Å²) >= 11 is 0. The molecule has 0 N–H and O–H groups in total. The van der Waals surface area contributed by atoms with Crippen LogP contribution in [0.2, 0.25) is 0 Å². The van der Waals surface area contributed by atoms with Crippen molar-refractivity contribution in [1.29, 1.82) is 0 Å². The van der Waals surface area contributed by atoms with E-state index in [1.165, 1.54) is 52.1 Å². The van der Waals surface area contributed by atoms with E-state index in [0.29, 0.717) is 0 Å². The van der Waals surface area contributed by atoms with Crippen molar-refractivity contribution in [3.8, 4) is 0 Å². The minimum Gasteiger partial charge on any atom is -0.301 e. The van der Waals surface area contributed by atoms with Gasteiger partial charge in [-0.25, -0.2) is 0 Å². The first-order valence-electron chi connectivity index (χ1n) is 7.59. The average molecular weight is 250 g/mol. The molecule has 102 valence electrons. The van der Waals surface area contributed by atoms with Gasteiger partial charge in [0.1, 0.15) is 0 Å². The fraction of sp³-hybridized carbons (Fsp3) is 1.00. The number of piperazine rings is 2. The molecular weight excluding hydrogens is 224 g/mol. The van der Waals surface area contributed by atoms with Gasteiger partial charge >= 0.3 is 0 Å². The molecular formula is C14H26N4. The summed E-state index contributed by atoms with van der Waals surface area (Å²) < 4.78 is 0. The molecule has 4 atom stereocenters. The molecule has 0 aromatic rings. The van der Waals surface area contributed by atoms with Gasteiger partial charge < -0.3 is 9.80 Å². The van der Waals surface area contributed by atoms with Crippen LogP contribution in [0, 0.1) is 0 Å². The lowest BCUT2D eigenvalue weighted by Gasteiger charge is -2.36. The van der Waals surface area contributed by atoms with Gasteiger partial charge in [-0.1, -0.05) is 0 Å². The molecule has 4 heterocycles. The van der Waals surface area contributed by atoms with Crippen LogP contribution in [0.3, 0.4) is 0 Å². The van der Waals surface area contributed by atoms with Crippen LogP contribution in [0.4, 0.5) is 0 Å². The van der Waals surface area contributed by atoms with E-state index >= 15 is 0 Å². The molecule has 4 heteroatoms. The van der Waals surface area contributed by atoms with Crippen molar-refractivity contribution in [2.24, 2.45) is 0 Å². The highest BCUT2D eigenvalue weighted by molar-refractivity contribution is 5.01. The van der Waals surface area contributed by atoms with E-state index in [1.54, 1.807) is 0 Å². The summed E-state index contributed by atoms with van der Waals surface area (Å²) in [5.41, 5.74) is 0. The van der Waals surface area contributed by atoms with Crippen molar-refractivity contribution in [3.63, 3.8) is 0 Å². The van der Waals surface area contributed by atoms with E-state index in [1.807, 2.05) is 0 Å². The Morgan fingerprint density at radius 1 is 0.667 bits per heavy atom. The van der Waals surface area contributed by atoms with Crippen LogP contribution in [0.15, 0.2) is 0 Å². The average Bonchev–Trinajstić information content (AvgIpc) is 3.04. The van der Waals surface area contributed by atoms with Crippen molar-refractivity contribution >= 4 is 0 Å². The number of likely N-dealkylation sites (tertiary alicyclic amines) is 4. The zero-order valence-electron chi connectivity index (χ0n) is 11.8. The molecule has 4 aliphatic rings. The minimum absolute atomic E-state index is 0.858. The maximum absolute atomic E-state index is 2.75. The van der Waals surface area contributed by atoms with E-state index in [-0.39, 0.29) is 0 Å². The fourth-order valence-electron chi connectivity index (χ4n) is 4.70. The molecule has 0 aromatic heterocycles. The molecule has 0 amide bonds. The van der Waals surface area contributed by atoms with Gasteiger partial charge in [0.05, 0.1) is 0 Å². The quantitative estimate of drug-likeness (QED) is 0.685. The van der Waals surface area contributed by atoms with Crippen molar-refractivity contribution in [2.75, 3.05) is 53.4 Å². The zero-order valence-corrected chi connectivity index (χ0v) is 11.8. The van der Waals surface area contributed by atoms with Crippen molar-refractivity contribution in [2.45, 2.75) is 37.0 Å². The molecule has 4 nitrogen and oxygen atoms in total. The predicted octanol–water partition coefficient (Wildman–Crippen LogP) is -0.237. The van der Waals surface area contributed by atoms with Gasteiger partial charge in [0.2, 0.25) is 0 Å². The Bertz CT molecular complexity index is 298. The van der Waals surface area contributed by atoms with Gasteiger partial charge in [-0.3, -0.25) is 9.80 Å². The Labute approximate surface area is 110 Å². The number of likely N-dealkylation sites (N-methyl/N-ethyl adjacent to an activating group) is 2. The smallest absolute Gasteiger partial charge is 0.0239 e. The summed E-state index contributed by atoms with van der Waals surface area (Å²) in [5.74, 6) is 0. The number of nitrogens with zero attached hydrogens (tertiary/aromatic N) is 4. The van der Waals surface area contributed by atoms with Crippen LogP contribution in [-0.2, 0) is 0 Å². The molecule has 0 spiro atoms. The molecule has 0 radical (unpaired) electrons. The van der Waals surface area contributed by atoms with Gasteiger partial charge in [-0.15, -0.1) is 0 Å². The Morgan fingerprint density at radius 2 is 1.11 bits per heavy atom. The normalized spacial score (nSPS) is 45.7. The summed E-state index contributed by atoms with van der Waals surface area (Å²) in [6, 6.07) is 3.44. The zero-order chi connectivity index (χ0) is 12.3. The SMILES string of the molecule is CN1C[C@@H]2C[C@H]1CN2CCN1C[C@@H]2C[C@H]1CN2C. The molecule has 4 fully saturated rings. The number of rotatable bonds is 3. The van der Waals surface area contributed by atoms with Crippen molar-refractivity contribution in [1.82, 2.24) is 19.6 Å². The van der Waals surface area contributed by atoms with Crippen LogP contribution < -0.4 is 0 Å². The standard InChI is InChI=1S/C14H26N4/c1-15-7-13-5-11(15)9-17(13)3-4-18-10-12-6-14(18)8-16(12)2/h11-14H,3-10H2,1-2H3/t11-,12-,13-,14-/m0/s1. The Kier molecular flexibility index (Phi) is 2.70.